The lowest BCUT2D eigenvalue weighted by atomic mass is 9.42. The van der Waals surface area contributed by atoms with Crippen LogP contribution in [0.3, 0.4) is 0 Å². The lowest BCUT2D eigenvalue weighted by molar-refractivity contribution is 0.888. The molecule has 1 nitrogen and oxygen atoms in total. The molecule has 0 fully saturated rings. The third-order valence-corrected chi connectivity index (χ3v) is 5.71. The SMILES string of the molecule is ClC1=C(c2ccccc2)N(Cl)C(c2ccccc2)=C(Cl)B1c1ccccc1. The van der Waals surface area contributed by atoms with Gasteiger partial charge < -0.3 is 0 Å². The molecule has 0 atom stereocenters. The van der Waals surface area contributed by atoms with Crippen molar-refractivity contribution in [2.75, 3.05) is 0 Å². The highest BCUT2D eigenvalue weighted by atomic mass is 35.5. The maximum Gasteiger partial charge on any atom is 0.275 e. The van der Waals surface area contributed by atoms with Gasteiger partial charge in [0.15, 0.2) is 0 Å². The van der Waals surface area contributed by atoms with Crippen LogP contribution in [0.15, 0.2) is 101 Å². The molecule has 4 rings (SSSR count). The second kappa shape index (κ2) is 7.86. The number of benzene rings is 3. The molecule has 27 heavy (non-hydrogen) atoms. The summed E-state index contributed by atoms with van der Waals surface area (Å²) in [5, 5.41) is 0. The van der Waals surface area contributed by atoms with Crippen molar-refractivity contribution in [1.82, 2.24) is 4.42 Å². The van der Waals surface area contributed by atoms with Gasteiger partial charge in [0, 0.05) is 21.6 Å². The van der Waals surface area contributed by atoms with Crippen LogP contribution < -0.4 is 5.46 Å². The quantitative estimate of drug-likeness (QED) is 0.370. The zero-order valence-electron chi connectivity index (χ0n) is 14.3. The zero-order chi connectivity index (χ0) is 18.8. The summed E-state index contributed by atoms with van der Waals surface area (Å²) in [7, 11) is 0. The highest BCUT2D eigenvalue weighted by molar-refractivity contribution is 7.00. The summed E-state index contributed by atoms with van der Waals surface area (Å²) < 4.78 is 1.58. The van der Waals surface area contributed by atoms with E-state index in [0.29, 0.717) is 9.86 Å². The fourth-order valence-corrected chi connectivity index (χ4v) is 4.69. The minimum atomic E-state index is -0.269. The fraction of sp³-hybridized carbons (Fsp3) is 0. The third kappa shape index (κ3) is 3.41. The van der Waals surface area contributed by atoms with Crippen LogP contribution in [0.4, 0.5) is 0 Å². The van der Waals surface area contributed by atoms with Crippen LogP contribution >= 0.6 is 35.0 Å². The molecule has 0 bridgehead atoms. The summed E-state index contributed by atoms with van der Waals surface area (Å²) in [5.41, 5.74) is 4.40. The van der Waals surface area contributed by atoms with Gasteiger partial charge in [-0.3, -0.25) is 4.42 Å². The first-order chi connectivity index (χ1) is 13.2. The van der Waals surface area contributed by atoms with Crippen molar-refractivity contribution in [2.24, 2.45) is 0 Å². The Kier molecular flexibility index (Phi) is 5.31. The normalized spacial score (nSPS) is 14.8. The van der Waals surface area contributed by atoms with E-state index in [2.05, 4.69) is 0 Å². The molecule has 5 heteroatoms. The van der Waals surface area contributed by atoms with Crippen molar-refractivity contribution in [3.63, 3.8) is 0 Å². The smallest absolute Gasteiger partial charge is 0.252 e. The Bertz CT molecular complexity index is 938. The van der Waals surface area contributed by atoms with E-state index in [1.54, 1.807) is 4.42 Å². The predicted octanol–water partition coefficient (Wildman–Crippen LogP) is 6.15. The van der Waals surface area contributed by atoms with Crippen molar-refractivity contribution in [2.45, 2.75) is 0 Å². The van der Waals surface area contributed by atoms with Crippen LogP contribution in [-0.2, 0) is 0 Å². The molecule has 3 aromatic carbocycles. The molecule has 3 aromatic rings. The molecule has 0 aliphatic carbocycles. The molecule has 132 valence electrons. The Balaban J connectivity index is 1.96. The molecule has 0 aromatic heterocycles. The van der Waals surface area contributed by atoms with Crippen molar-refractivity contribution in [1.29, 1.82) is 0 Å². The van der Waals surface area contributed by atoms with E-state index in [9.17, 15) is 0 Å². The van der Waals surface area contributed by atoms with E-state index in [-0.39, 0.29) is 6.71 Å². The average molecular weight is 411 g/mol. The lowest BCUT2D eigenvalue weighted by Gasteiger charge is -2.33. The van der Waals surface area contributed by atoms with Gasteiger partial charge in [0.1, 0.15) is 0 Å². The van der Waals surface area contributed by atoms with Gasteiger partial charge in [0.2, 0.25) is 0 Å². The van der Waals surface area contributed by atoms with E-state index in [1.165, 1.54) is 0 Å². The first kappa shape index (κ1) is 18.2. The van der Waals surface area contributed by atoms with Gasteiger partial charge >= 0.3 is 0 Å². The van der Waals surface area contributed by atoms with Gasteiger partial charge in [-0.1, -0.05) is 120 Å². The van der Waals surface area contributed by atoms with E-state index >= 15 is 0 Å². The summed E-state index contributed by atoms with van der Waals surface area (Å²) in [6.07, 6.45) is 0. The summed E-state index contributed by atoms with van der Waals surface area (Å²) in [6.45, 7) is -0.269. The Morgan fingerprint density at radius 1 is 0.556 bits per heavy atom. The fourth-order valence-electron chi connectivity index (χ4n) is 3.32. The van der Waals surface area contributed by atoms with Crippen LogP contribution in [0, 0.1) is 0 Å². The van der Waals surface area contributed by atoms with Gasteiger partial charge in [-0.25, -0.2) is 0 Å². The molecule has 0 amide bonds. The predicted molar refractivity (Wildman–Crippen MR) is 118 cm³/mol. The second-order valence-corrected chi connectivity index (χ2v) is 7.40. The molecule has 1 aliphatic heterocycles. The van der Waals surface area contributed by atoms with E-state index in [4.69, 9.17) is 35.0 Å². The molecule has 1 aliphatic rings. The van der Waals surface area contributed by atoms with Crippen LogP contribution in [0.25, 0.3) is 11.4 Å². The van der Waals surface area contributed by atoms with Crippen LogP contribution in [-0.4, -0.2) is 11.1 Å². The van der Waals surface area contributed by atoms with Crippen molar-refractivity contribution >= 4 is 58.5 Å². The number of hydrogen-bond donors (Lipinski definition) is 0. The van der Waals surface area contributed by atoms with Crippen molar-refractivity contribution in [3.05, 3.63) is 112 Å². The van der Waals surface area contributed by atoms with E-state index in [0.717, 1.165) is 28.0 Å². The van der Waals surface area contributed by atoms with Crippen molar-refractivity contribution in [3.8, 4) is 0 Å². The Morgan fingerprint density at radius 2 is 0.926 bits per heavy atom. The summed E-state index contributed by atoms with van der Waals surface area (Å²) in [6, 6.07) is 29.8. The maximum atomic E-state index is 6.90. The zero-order valence-corrected chi connectivity index (χ0v) is 16.6. The molecule has 0 spiro atoms. The van der Waals surface area contributed by atoms with Crippen molar-refractivity contribution < 1.29 is 0 Å². The highest BCUT2D eigenvalue weighted by Crippen LogP contribution is 2.43. The molecular weight excluding hydrogens is 395 g/mol. The van der Waals surface area contributed by atoms with Crippen LogP contribution in [0.2, 0.25) is 0 Å². The number of hydrogen-bond acceptors (Lipinski definition) is 1. The lowest BCUT2D eigenvalue weighted by Crippen LogP contribution is -2.38. The average Bonchev–Trinajstić information content (AvgIpc) is 2.70. The highest BCUT2D eigenvalue weighted by Gasteiger charge is 2.38. The minimum absolute atomic E-state index is 0.269. The first-order valence-corrected chi connectivity index (χ1v) is 9.69. The number of rotatable bonds is 3. The Labute approximate surface area is 174 Å². The van der Waals surface area contributed by atoms with E-state index < -0.39 is 0 Å². The summed E-state index contributed by atoms with van der Waals surface area (Å²) >= 11 is 20.6. The topological polar surface area (TPSA) is 3.24 Å². The number of halogens is 3. The molecule has 0 unspecified atom stereocenters. The molecular formula is C22H15BCl3N. The van der Waals surface area contributed by atoms with Gasteiger partial charge in [0.05, 0.1) is 11.4 Å². The third-order valence-electron chi connectivity index (χ3n) is 4.58. The van der Waals surface area contributed by atoms with Crippen LogP contribution in [0.1, 0.15) is 11.1 Å². The second-order valence-electron chi connectivity index (χ2n) is 6.25. The van der Waals surface area contributed by atoms with Gasteiger partial charge in [-0.2, -0.15) is 0 Å². The van der Waals surface area contributed by atoms with Crippen LogP contribution in [0.5, 0.6) is 0 Å². The summed E-state index contributed by atoms with van der Waals surface area (Å²) in [5.74, 6) is 0. The molecule has 0 radical (unpaired) electrons. The first-order valence-electron chi connectivity index (χ1n) is 8.59. The Morgan fingerprint density at radius 3 is 1.33 bits per heavy atom. The molecule has 0 saturated heterocycles. The van der Waals surface area contributed by atoms with Gasteiger partial charge in [-0.05, 0) is 11.1 Å². The van der Waals surface area contributed by atoms with Gasteiger partial charge in [0.25, 0.3) is 6.71 Å². The number of nitrogens with zero attached hydrogens (tertiary/aromatic N) is 1. The van der Waals surface area contributed by atoms with Gasteiger partial charge in [-0.15, -0.1) is 0 Å². The summed E-state index contributed by atoms with van der Waals surface area (Å²) in [4.78, 5) is 1.21. The standard InChI is InChI=1S/C22H15BCl3N/c24-21-19(16-10-4-1-5-11-16)27(26)20(17-12-6-2-7-13-17)22(25)23(21)18-14-8-3-9-15-18/h1-15H. The van der Waals surface area contributed by atoms with E-state index in [1.807, 2.05) is 91.0 Å². The molecule has 0 N–H and O–H groups in total. The maximum absolute atomic E-state index is 6.90. The largest absolute Gasteiger partial charge is 0.275 e. The molecule has 1 heterocycles. The molecule has 0 saturated carbocycles. The Hall–Kier alpha value is -2.13. The monoisotopic (exact) mass is 409 g/mol. The minimum Gasteiger partial charge on any atom is -0.252 e.